The van der Waals surface area contributed by atoms with Crippen molar-refractivity contribution in [3.63, 3.8) is 0 Å². The van der Waals surface area contributed by atoms with Gasteiger partial charge in [-0.15, -0.1) is 0 Å². The first-order valence-electron chi connectivity index (χ1n) is 5.29. The first kappa shape index (κ1) is 11.8. The monoisotopic (exact) mass is 254 g/mol. The van der Waals surface area contributed by atoms with Crippen LogP contribution >= 0.6 is 11.6 Å². The maximum absolute atomic E-state index is 10.7. The summed E-state index contributed by atoms with van der Waals surface area (Å²) < 4.78 is 1.72. The van der Waals surface area contributed by atoms with Gasteiger partial charge in [0.1, 0.15) is 11.2 Å². The van der Waals surface area contributed by atoms with Gasteiger partial charge in [-0.25, -0.2) is 9.67 Å². The minimum absolute atomic E-state index is 0.0998. The molecular weight excluding hydrogens is 244 g/mol. The third-order valence-corrected chi connectivity index (χ3v) is 2.90. The smallest absolute Gasteiger partial charge is 0.258 e. The average molecular weight is 255 g/mol. The fourth-order valence-electron chi connectivity index (χ4n) is 1.59. The van der Waals surface area contributed by atoms with Crippen molar-refractivity contribution in [2.75, 3.05) is 0 Å². The zero-order chi connectivity index (χ0) is 12.4. The highest BCUT2D eigenvalue weighted by Gasteiger charge is 2.18. The first-order chi connectivity index (χ1) is 8.15. The Bertz CT molecular complexity index is 567. The van der Waals surface area contributed by atoms with Gasteiger partial charge in [-0.1, -0.05) is 24.9 Å². The van der Waals surface area contributed by atoms with E-state index < -0.39 is 4.92 Å². The molecule has 0 aromatic carbocycles. The maximum Gasteiger partial charge on any atom is 0.306 e. The Morgan fingerprint density at radius 1 is 1.53 bits per heavy atom. The van der Waals surface area contributed by atoms with Gasteiger partial charge in [0.05, 0.1) is 16.5 Å². The molecule has 2 heterocycles. The van der Waals surface area contributed by atoms with Crippen molar-refractivity contribution in [2.45, 2.75) is 26.3 Å². The summed E-state index contributed by atoms with van der Waals surface area (Å²) in [5, 5.41) is 15.5. The topological polar surface area (TPSA) is 73.8 Å². The van der Waals surface area contributed by atoms with E-state index in [1.807, 2.05) is 0 Å². The van der Waals surface area contributed by atoms with Gasteiger partial charge < -0.3 is 0 Å². The summed E-state index contributed by atoms with van der Waals surface area (Å²) in [6, 6.07) is 0. The van der Waals surface area contributed by atoms with Gasteiger partial charge in [-0.2, -0.15) is 5.10 Å². The number of aromatic nitrogens is 3. The van der Waals surface area contributed by atoms with Crippen LogP contribution in [0.15, 0.2) is 12.4 Å². The number of pyridine rings is 1. The van der Waals surface area contributed by atoms with Crippen LogP contribution in [0.5, 0.6) is 0 Å². The average Bonchev–Trinajstić information content (AvgIpc) is 2.70. The second-order valence-electron chi connectivity index (χ2n) is 3.67. The van der Waals surface area contributed by atoms with E-state index in [4.69, 9.17) is 11.6 Å². The molecule has 0 aliphatic rings. The number of unbranched alkanes of at least 4 members (excludes halogenated alkanes) is 1. The Labute approximate surface area is 102 Å². The number of hydrogen-bond donors (Lipinski definition) is 0. The minimum atomic E-state index is -0.543. The van der Waals surface area contributed by atoms with Gasteiger partial charge in [0.25, 0.3) is 0 Å². The van der Waals surface area contributed by atoms with Crippen molar-refractivity contribution in [3.05, 3.63) is 27.5 Å². The molecule has 0 spiro atoms. The Kier molecular flexibility index (Phi) is 3.23. The molecule has 0 N–H and O–H groups in total. The van der Waals surface area contributed by atoms with Crippen LogP contribution in [0.3, 0.4) is 0 Å². The molecule has 0 aliphatic carbocycles. The van der Waals surface area contributed by atoms with Crippen LogP contribution in [0.25, 0.3) is 11.0 Å². The highest BCUT2D eigenvalue weighted by Crippen LogP contribution is 2.30. The molecule has 0 saturated heterocycles. The molecule has 2 aromatic heterocycles. The van der Waals surface area contributed by atoms with Crippen molar-refractivity contribution in [1.29, 1.82) is 0 Å². The van der Waals surface area contributed by atoms with Crippen LogP contribution in [-0.2, 0) is 6.54 Å². The molecule has 6 nitrogen and oxygen atoms in total. The van der Waals surface area contributed by atoms with Crippen LogP contribution < -0.4 is 0 Å². The number of halogens is 1. The lowest BCUT2D eigenvalue weighted by atomic mass is 10.3. The molecule has 0 radical (unpaired) electrons. The summed E-state index contributed by atoms with van der Waals surface area (Å²) in [5.41, 5.74) is 0.406. The van der Waals surface area contributed by atoms with E-state index in [9.17, 15) is 10.1 Å². The molecule has 0 fully saturated rings. The predicted octanol–water partition coefficient (Wildman–Crippen LogP) is 2.79. The summed E-state index contributed by atoms with van der Waals surface area (Å²) >= 11 is 5.95. The second-order valence-corrected chi connectivity index (χ2v) is 4.05. The quantitative estimate of drug-likeness (QED) is 0.621. The maximum atomic E-state index is 10.7. The third kappa shape index (κ3) is 2.08. The summed E-state index contributed by atoms with van der Waals surface area (Å²) in [6.45, 7) is 2.82. The van der Waals surface area contributed by atoms with E-state index in [0.717, 1.165) is 19.4 Å². The lowest BCUT2D eigenvalue weighted by Crippen LogP contribution is -2.01. The van der Waals surface area contributed by atoms with Crippen molar-refractivity contribution >= 4 is 28.3 Å². The Hall–Kier alpha value is -1.69. The molecule has 0 bridgehead atoms. The fourth-order valence-corrected chi connectivity index (χ4v) is 1.84. The van der Waals surface area contributed by atoms with Gasteiger partial charge in [0, 0.05) is 6.54 Å². The number of nitrogens with zero attached hydrogens (tertiary/aromatic N) is 4. The normalized spacial score (nSPS) is 10.9. The molecule has 0 atom stereocenters. The Morgan fingerprint density at radius 3 is 2.94 bits per heavy atom. The van der Waals surface area contributed by atoms with E-state index >= 15 is 0 Å². The van der Waals surface area contributed by atoms with Gasteiger partial charge in [-0.05, 0) is 6.42 Å². The van der Waals surface area contributed by atoms with E-state index in [0.29, 0.717) is 11.0 Å². The van der Waals surface area contributed by atoms with Gasteiger partial charge in [0.15, 0.2) is 5.65 Å². The number of rotatable bonds is 4. The fraction of sp³-hybridized carbons (Fsp3) is 0.400. The molecule has 90 valence electrons. The molecule has 0 unspecified atom stereocenters. The zero-order valence-corrected chi connectivity index (χ0v) is 10.0. The molecule has 0 amide bonds. The van der Waals surface area contributed by atoms with Gasteiger partial charge in [-0.3, -0.25) is 10.1 Å². The highest BCUT2D eigenvalue weighted by molar-refractivity contribution is 6.37. The van der Waals surface area contributed by atoms with Crippen LogP contribution in [-0.4, -0.2) is 19.7 Å². The lowest BCUT2D eigenvalue weighted by molar-refractivity contribution is -0.384. The number of nitro groups is 1. The largest absolute Gasteiger partial charge is 0.306 e. The molecule has 2 rings (SSSR count). The molecule has 2 aromatic rings. The molecule has 17 heavy (non-hydrogen) atoms. The zero-order valence-electron chi connectivity index (χ0n) is 9.26. The molecule has 0 aliphatic heterocycles. The first-order valence-corrected chi connectivity index (χ1v) is 5.67. The number of fused-ring (bicyclic) bond motifs is 1. The number of hydrogen-bond acceptors (Lipinski definition) is 4. The number of aryl methyl sites for hydroxylation is 1. The Morgan fingerprint density at radius 2 is 2.29 bits per heavy atom. The summed E-state index contributed by atoms with van der Waals surface area (Å²) in [7, 11) is 0. The van der Waals surface area contributed by atoms with Crippen LogP contribution in [0.1, 0.15) is 19.8 Å². The van der Waals surface area contributed by atoms with E-state index in [-0.39, 0.29) is 10.7 Å². The lowest BCUT2D eigenvalue weighted by Gasteiger charge is -2.01. The Balaban J connectivity index is 2.50. The second kappa shape index (κ2) is 4.67. The molecule has 7 heteroatoms. The molecular formula is C10H11ClN4O2. The van der Waals surface area contributed by atoms with Crippen LogP contribution in [0.2, 0.25) is 5.02 Å². The third-order valence-electron chi connectivity index (χ3n) is 2.50. The van der Waals surface area contributed by atoms with Crippen molar-refractivity contribution in [2.24, 2.45) is 0 Å². The van der Waals surface area contributed by atoms with Crippen molar-refractivity contribution in [1.82, 2.24) is 14.8 Å². The predicted molar refractivity (Wildman–Crippen MR) is 64.1 cm³/mol. The van der Waals surface area contributed by atoms with Crippen molar-refractivity contribution in [3.8, 4) is 0 Å². The molecule has 0 saturated carbocycles. The van der Waals surface area contributed by atoms with E-state index in [2.05, 4.69) is 17.0 Å². The van der Waals surface area contributed by atoms with E-state index in [1.165, 1.54) is 12.4 Å². The van der Waals surface area contributed by atoms with Crippen LogP contribution in [0.4, 0.5) is 5.69 Å². The van der Waals surface area contributed by atoms with E-state index in [1.54, 1.807) is 4.68 Å². The van der Waals surface area contributed by atoms with Crippen LogP contribution in [0, 0.1) is 10.1 Å². The van der Waals surface area contributed by atoms with Crippen molar-refractivity contribution < 1.29 is 4.92 Å². The SMILES string of the molecule is CCCCn1ncc2c(Cl)c([N+](=O)[O-])cnc21. The highest BCUT2D eigenvalue weighted by atomic mass is 35.5. The standard InChI is InChI=1S/C10H11ClN4O2/c1-2-3-4-14-10-7(5-13-14)9(11)8(6-12-10)15(16)17/h5-6H,2-4H2,1H3. The van der Waals surface area contributed by atoms with Gasteiger partial charge >= 0.3 is 5.69 Å². The summed E-state index contributed by atoms with van der Waals surface area (Å²) in [5.74, 6) is 0. The minimum Gasteiger partial charge on any atom is -0.258 e. The summed E-state index contributed by atoms with van der Waals surface area (Å²) in [4.78, 5) is 14.2. The summed E-state index contributed by atoms with van der Waals surface area (Å²) in [6.07, 6.45) is 4.72. The van der Waals surface area contributed by atoms with Gasteiger partial charge in [0.2, 0.25) is 0 Å².